The molecule has 0 N–H and O–H groups in total. The second kappa shape index (κ2) is 8.68. The number of ketones is 1. The molecule has 4 rings (SSSR count). The van der Waals surface area contributed by atoms with Crippen molar-refractivity contribution < 1.29 is 14.5 Å². The van der Waals surface area contributed by atoms with Crippen LogP contribution < -0.4 is 4.90 Å². The summed E-state index contributed by atoms with van der Waals surface area (Å²) >= 11 is 2.56. The third-order valence-electron chi connectivity index (χ3n) is 4.33. The summed E-state index contributed by atoms with van der Waals surface area (Å²) in [6.45, 7) is 2.78. The molecule has 2 aromatic carbocycles. The number of rotatable bonds is 6. The first kappa shape index (κ1) is 19.5. The van der Waals surface area contributed by atoms with E-state index in [2.05, 4.69) is 15.1 Å². The number of benzene rings is 2. The van der Waals surface area contributed by atoms with Crippen LogP contribution in [0, 0.1) is 10.1 Å². The highest BCUT2D eigenvalue weighted by atomic mass is 32.2. The topological polar surface area (TPSA) is 98.5 Å². The predicted octanol–water partition coefficient (Wildman–Crippen LogP) is 3.67. The number of anilines is 1. The number of morpholine rings is 1. The third-order valence-corrected chi connectivity index (χ3v) is 6.43. The van der Waals surface area contributed by atoms with Crippen LogP contribution in [0.3, 0.4) is 0 Å². The lowest BCUT2D eigenvalue weighted by Gasteiger charge is -2.25. The molecule has 1 aliphatic rings. The van der Waals surface area contributed by atoms with Crippen molar-refractivity contribution in [3.63, 3.8) is 0 Å². The van der Waals surface area contributed by atoms with Gasteiger partial charge in [-0.3, -0.25) is 14.9 Å². The fraction of sp³-hybridized carbons (Fsp3) is 0.211. The molecule has 0 radical (unpaired) electrons. The highest BCUT2D eigenvalue weighted by Crippen LogP contribution is 2.38. The molecule has 0 saturated carbocycles. The van der Waals surface area contributed by atoms with E-state index in [1.807, 2.05) is 6.07 Å². The molecule has 148 valence electrons. The number of nitro groups is 1. The molecule has 0 unspecified atom stereocenters. The van der Waals surface area contributed by atoms with Crippen LogP contribution in [-0.4, -0.2) is 47.2 Å². The van der Waals surface area contributed by atoms with Gasteiger partial charge < -0.3 is 9.64 Å². The molecular weight excluding hydrogens is 412 g/mol. The maximum atomic E-state index is 12.6. The van der Waals surface area contributed by atoms with Crippen molar-refractivity contribution in [2.45, 2.75) is 9.24 Å². The van der Waals surface area contributed by atoms with Gasteiger partial charge in [-0.2, -0.15) is 0 Å². The Morgan fingerprint density at radius 1 is 1.10 bits per heavy atom. The Kier molecular flexibility index (Phi) is 5.84. The fourth-order valence-electron chi connectivity index (χ4n) is 2.86. The van der Waals surface area contributed by atoms with Gasteiger partial charge >= 0.3 is 0 Å². The van der Waals surface area contributed by atoms with E-state index < -0.39 is 4.92 Å². The minimum atomic E-state index is -0.478. The van der Waals surface area contributed by atoms with Crippen LogP contribution >= 0.6 is 23.1 Å². The number of aromatic nitrogens is 2. The first-order valence-corrected chi connectivity index (χ1v) is 10.5. The second-order valence-corrected chi connectivity index (χ2v) is 8.43. The Labute approximate surface area is 174 Å². The lowest BCUT2D eigenvalue weighted by atomic mass is 10.0. The van der Waals surface area contributed by atoms with Gasteiger partial charge in [0, 0.05) is 30.3 Å². The fourth-order valence-corrected chi connectivity index (χ4v) is 4.80. The zero-order chi connectivity index (χ0) is 20.2. The predicted molar refractivity (Wildman–Crippen MR) is 110 cm³/mol. The average Bonchev–Trinajstić information content (AvgIpc) is 3.23. The Morgan fingerprint density at radius 2 is 1.86 bits per heavy atom. The Hall–Kier alpha value is -2.82. The number of nitrogens with zero attached hydrogens (tertiary/aromatic N) is 4. The number of carbonyl (C=O) groups is 1. The van der Waals surface area contributed by atoms with Crippen molar-refractivity contribution in [3.05, 3.63) is 69.8 Å². The van der Waals surface area contributed by atoms with Crippen LogP contribution in [0.1, 0.15) is 15.9 Å². The summed E-state index contributed by atoms with van der Waals surface area (Å²) in [6.07, 6.45) is 0. The van der Waals surface area contributed by atoms with E-state index >= 15 is 0 Å². The quantitative estimate of drug-likeness (QED) is 0.333. The zero-order valence-corrected chi connectivity index (χ0v) is 16.8. The number of nitro benzene ring substituents is 1. The minimum absolute atomic E-state index is 0.125. The van der Waals surface area contributed by atoms with Gasteiger partial charge in [-0.15, -0.1) is 10.2 Å². The molecule has 0 aliphatic carbocycles. The molecule has 8 nitrogen and oxygen atoms in total. The number of hydrogen-bond acceptors (Lipinski definition) is 9. The van der Waals surface area contributed by atoms with Crippen molar-refractivity contribution in [1.29, 1.82) is 0 Å². The molecule has 1 fully saturated rings. The van der Waals surface area contributed by atoms with E-state index in [-0.39, 0.29) is 17.0 Å². The van der Waals surface area contributed by atoms with E-state index in [9.17, 15) is 14.9 Å². The summed E-state index contributed by atoms with van der Waals surface area (Å²) in [6, 6.07) is 13.2. The molecule has 1 aliphatic heterocycles. The standard InChI is InChI=1S/C19H16N4O4S2/c24-17(13-4-2-1-3-5-13)14-6-7-16(15(12-14)23(25)26)28-19-21-20-18(29-19)22-8-10-27-11-9-22/h1-7,12H,8-11H2. The van der Waals surface area contributed by atoms with Gasteiger partial charge in [-0.1, -0.05) is 41.7 Å². The monoisotopic (exact) mass is 428 g/mol. The van der Waals surface area contributed by atoms with E-state index in [4.69, 9.17) is 4.74 Å². The molecule has 10 heteroatoms. The zero-order valence-electron chi connectivity index (χ0n) is 15.2. The number of hydrogen-bond donors (Lipinski definition) is 0. The van der Waals surface area contributed by atoms with Gasteiger partial charge in [-0.25, -0.2) is 0 Å². The highest BCUT2D eigenvalue weighted by molar-refractivity contribution is 8.01. The Morgan fingerprint density at radius 3 is 2.59 bits per heavy atom. The van der Waals surface area contributed by atoms with Crippen molar-refractivity contribution in [3.8, 4) is 0 Å². The van der Waals surface area contributed by atoms with Crippen LogP contribution in [0.15, 0.2) is 57.8 Å². The minimum Gasteiger partial charge on any atom is -0.378 e. The smallest absolute Gasteiger partial charge is 0.284 e. The van der Waals surface area contributed by atoms with Crippen LogP contribution in [0.2, 0.25) is 0 Å². The molecular formula is C19H16N4O4S2. The Balaban J connectivity index is 1.57. The lowest BCUT2D eigenvalue weighted by molar-refractivity contribution is -0.387. The van der Waals surface area contributed by atoms with Gasteiger partial charge in [0.25, 0.3) is 5.69 Å². The Bertz CT molecular complexity index is 1040. The van der Waals surface area contributed by atoms with E-state index in [0.29, 0.717) is 28.0 Å². The third kappa shape index (κ3) is 4.44. The van der Waals surface area contributed by atoms with Gasteiger partial charge in [0.15, 0.2) is 10.1 Å². The van der Waals surface area contributed by atoms with E-state index in [1.54, 1.807) is 36.4 Å². The summed E-state index contributed by atoms with van der Waals surface area (Å²) in [5, 5.41) is 20.7. The van der Waals surface area contributed by atoms with Gasteiger partial charge in [0.05, 0.1) is 23.0 Å². The molecule has 0 atom stereocenters. The molecule has 1 saturated heterocycles. The summed E-state index contributed by atoms with van der Waals surface area (Å²) in [5.74, 6) is -0.254. The SMILES string of the molecule is O=C(c1ccccc1)c1ccc(Sc2nnc(N3CCOCC3)s2)c([N+](=O)[O-])c1. The maximum absolute atomic E-state index is 12.6. The summed E-state index contributed by atoms with van der Waals surface area (Å²) < 4.78 is 5.94. The lowest BCUT2D eigenvalue weighted by Crippen LogP contribution is -2.36. The first-order chi connectivity index (χ1) is 14.1. The van der Waals surface area contributed by atoms with Gasteiger partial charge in [0.1, 0.15) is 0 Å². The number of carbonyl (C=O) groups excluding carboxylic acids is 1. The normalized spacial score (nSPS) is 14.0. The van der Waals surface area contributed by atoms with E-state index in [1.165, 1.54) is 29.2 Å². The molecule has 0 bridgehead atoms. The van der Waals surface area contributed by atoms with E-state index in [0.717, 1.165) is 18.2 Å². The maximum Gasteiger partial charge on any atom is 0.284 e. The van der Waals surface area contributed by atoms with Crippen LogP contribution in [-0.2, 0) is 4.74 Å². The summed E-state index contributed by atoms with van der Waals surface area (Å²) in [4.78, 5) is 26.2. The number of ether oxygens (including phenoxy) is 1. The molecule has 2 heterocycles. The largest absolute Gasteiger partial charge is 0.378 e. The van der Waals surface area contributed by atoms with Crippen LogP contribution in [0.5, 0.6) is 0 Å². The second-order valence-electron chi connectivity index (χ2n) is 6.19. The summed E-state index contributed by atoms with van der Waals surface area (Å²) in [5.41, 5.74) is 0.639. The molecule has 0 amide bonds. The molecule has 3 aromatic rings. The summed E-state index contributed by atoms with van der Waals surface area (Å²) in [7, 11) is 0. The molecule has 29 heavy (non-hydrogen) atoms. The first-order valence-electron chi connectivity index (χ1n) is 8.84. The van der Waals surface area contributed by atoms with Gasteiger partial charge in [0.2, 0.25) is 5.13 Å². The van der Waals surface area contributed by atoms with Crippen molar-refractivity contribution >= 4 is 39.7 Å². The molecule has 0 spiro atoms. The highest BCUT2D eigenvalue weighted by Gasteiger charge is 2.22. The van der Waals surface area contributed by atoms with Crippen LogP contribution in [0.4, 0.5) is 10.8 Å². The van der Waals surface area contributed by atoms with Crippen molar-refractivity contribution in [2.75, 3.05) is 31.2 Å². The molecule has 1 aromatic heterocycles. The van der Waals surface area contributed by atoms with Gasteiger partial charge in [-0.05, 0) is 23.9 Å². The van der Waals surface area contributed by atoms with Crippen molar-refractivity contribution in [1.82, 2.24) is 10.2 Å². The van der Waals surface area contributed by atoms with Crippen molar-refractivity contribution in [2.24, 2.45) is 0 Å². The average molecular weight is 428 g/mol. The van der Waals surface area contributed by atoms with Crippen LogP contribution in [0.25, 0.3) is 0 Å².